The van der Waals surface area contributed by atoms with Gasteiger partial charge in [0.25, 0.3) is 0 Å². The van der Waals surface area contributed by atoms with E-state index in [1.807, 2.05) is 13.1 Å². The molecular formula is C9H12N2S. The molecule has 0 aromatic carbocycles. The Morgan fingerprint density at radius 3 is 3.00 bits per heavy atom. The molecule has 64 valence electrons. The van der Waals surface area contributed by atoms with Crippen LogP contribution in [-0.4, -0.2) is 18.1 Å². The molecule has 3 heteroatoms. The maximum atomic E-state index is 4.24. The van der Waals surface area contributed by atoms with Gasteiger partial charge in [0, 0.05) is 13.1 Å². The normalized spacial score (nSPS) is 16.9. The predicted molar refractivity (Wildman–Crippen MR) is 52.8 cm³/mol. The molecule has 2 rings (SSSR count). The number of rotatable bonds is 1. The van der Waals surface area contributed by atoms with E-state index in [2.05, 4.69) is 22.0 Å². The minimum atomic E-state index is 1.04. The molecule has 0 bridgehead atoms. The zero-order valence-corrected chi connectivity index (χ0v) is 7.97. The average molecular weight is 180 g/mol. The topological polar surface area (TPSA) is 16.1 Å². The molecule has 1 aliphatic rings. The van der Waals surface area contributed by atoms with Gasteiger partial charge in [0.15, 0.2) is 0 Å². The van der Waals surface area contributed by atoms with Crippen molar-refractivity contribution in [3.8, 4) is 0 Å². The summed E-state index contributed by atoms with van der Waals surface area (Å²) >= 11 is 1.78. The molecule has 0 spiro atoms. The first kappa shape index (κ1) is 7.80. The first-order chi connectivity index (χ1) is 5.86. The summed E-state index contributed by atoms with van der Waals surface area (Å²) in [7, 11) is 0. The zero-order chi connectivity index (χ0) is 8.39. The summed E-state index contributed by atoms with van der Waals surface area (Å²) in [6, 6.07) is 0. The molecule has 0 N–H and O–H groups in total. The highest BCUT2D eigenvalue weighted by atomic mass is 32.1. The Hall–Kier alpha value is -0.830. The predicted octanol–water partition coefficient (Wildman–Crippen LogP) is 2.22. The highest BCUT2D eigenvalue weighted by Crippen LogP contribution is 2.23. The molecule has 1 aliphatic heterocycles. The van der Waals surface area contributed by atoms with Gasteiger partial charge < -0.3 is 4.90 Å². The summed E-state index contributed by atoms with van der Waals surface area (Å²) in [5, 5.41) is 2.46. The van der Waals surface area contributed by atoms with E-state index in [1.165, 1.54) is 5.00 Å². The van der Waals surface area contributed by atoms with E-state index in [4.69, 9.17) is 0 Å². The average Bonchev–Trinajstić information content (AvgIpc) is 2.54. The van der Waals surface area contributed by atoms with Crippen LogP contribution in [0, 0.1) is 6.92 Å². The number of aryl methyl sites for hydroxylation is 1. The number of nitrogens with zero attached hydrogens (tertiary/aromatic N) is 2. The van der Waals surface area contributed by atoms with Crippen molar-refractivity contribution in [2.45, 2.75) is 13.3 Å². The van der Waals surface area contributed by atoms with Crippen LogP contribution in [0.1, 0.15) is 11.4 Å². The van der Waals surface area contributed by atoms with Gasteiger partial charge in [-0.1, -0.05) is 12.2 Å². The largest absolute Gasteiger partial charge is 0.358 e. The molecule has 2 nitrogen and oxygen atoms in total. The number of aromatic nitrogens is 1. The Morgan fingerprint density at radius 1 is 1.50 bits per heavy atom. The van der Waals surface area contributed by atoms with E-state index in [1.54, 1.807) is 11.3 Å². The minimum absolute atomic E-state index is 1.04. The first-order valence-electron chi connectivity index (χ1n) is 4.18. The van der Waals surface area contributed by atoms with Crippen LogP contribution >= 0.6 is 11.3 Å². The smallest absolute Gasteiger partial charge is 0.112 e. The van der Waals surface area contributed by atoms with Crippen LogP contribution in [0.3, 0.4) is 0 Å². The van der Waals surface area contributed by atoms with Gasteiger partial charge >= 0.3 is 0 Å². The summed E-state index contributed by atoms with van der Waals surface area (Å²) in [6.07, 6.45) is 7.60. The molecule has 0 aliphatic carbocycles. The van der Waals surface area contributed by atoms with Crippen LogP contribution in [0.4, 0.5) is 5.00 Å². The Labute approximate surface area is 76.5 Å². The molecular weight excluding hydrogens is 168 g/mol. The summed E-state index contributed by atoms with van der Waals surface area (Å²) in [4.78, 5) is 6.61. The van der Waals surface area contributed by atoms with Gasteiger partial charge in [-0.25, -0.2) is 4.98 Å². The molecule has 1 aromatic heterocycles. The van der Waals surface area contributed by atoms with Crippen LogP contribution in [0.5, 0.6) is 0 Å². The van der Waals surface area contributed by atoms with Crippen molar-refractivity contribution in [2.75, 3.05) is 18.0 Å². The minimum Gasteiger partial charge on any atom is -0.358 e. The summed E-state index contributed by atoms with van der Waals surface area (Å²) in [5.41, 5.74) is 0. The third-order valence-corrected chi connectivity index (χ3v) is 2.95. The van der Waals surface area contributed by atoms with Gasteiger partial charge in [0.1, 0.15) is 5.00 Å². The molecule has 0 amide bonds. The highest BCUT2D eigenvalue weighted by molar-refractivity contribution is 7.15. The lowest BCUT2D eigenvalue weighted by Gasteiger charge is -2.22. The van der Waals surface area contributed by atoms with Gasteiger partial charge in [-0.2, -0.15) is 0 Å². The SMILES string of the molecule is Cc1ncc(N2CC=CCC2)s1. The number of hydrogen-bond acceptors (Lipinski definition) is 3. The van der Waals surface area contributed by atoms with Crippen LogP contribution < -0.4 is 4.90 Å². The van der Waals surface area contributed by atoms with Gasteiger partial charge in [-0.3, -0.25) is 0 Å². The molecule has 12 heavy (non-hydrogen) atoms. The summed E-state index contributed by atoms with van der Waals surface area (Å²) in [6.45, 7) is 4.23. The first-order valence-corrected chi connectivity index (χ1v) is 5.00. The number of anilines is 1. The Bertz CT molecular complexity index is 290. The fourth-order valence-electron chi connectivity index (χ4n) is 1.34. The number of thiazole rings is 1. The second-order valence-corrected chi connectivity index (χ2v) is 4.14. The maximum Gasteiger partial charge on any atom is 0.112 e. The Morgan fingerprint density at radius 2 is 2.42 bits per heavy atom. The van der Waals surface area contributed by atoms with Crippen molar-refractivity contribution in [3.05, 3.63) is 23.4 Å². The van der Waals surface area contributed by atoms with Gasteiger partial charge in [0.2, 0.25) is 0 Å². The zero-order valence-electron chi connectivity index (χ0n) is 7.16. The van der Waals surface area contributed by atoms with Crippen LogP contribution in [0.15, 0.2) is 18.3 Å². The van der Waals surface area contributed by atoms with E-state index in [9.17, 15) is 0 Å². The lowest BCUT2D eigenvalue weighted by molar-refractivity contribution is 0.827. The van der Waals surface area contributed by atoms with Crippen molar-refractivity contribution in [1.29, 1.82) is 0 Å². The van der Waals surface area contributed by atoms with E-state index in [0.717, 1.165) is 24.5 Å². The van der Waals surface area contributed by atoms with Gasteiger partial charge in [-0.05, 0) is 13.3 Å². The van der Waals surface area contributed by atoms with Crippen LogP contribution in [-0.2, 0) is 0 Å². The van der Waals surface area contributed by atoms with Crippen molar-refractivity contribution >= 4 is 16.3 Å². The molecule has 1 aromatic rings. The second kappa shape index (κ2) is 3.27. The van der Waals surface area contributed by atoms with E-state index < -0.39 is 0 Å². The quantitative estimate of drug-likeness (QED) is 0.616. The molecule has 0 atom stereocenters. The molecule has 0 saturated carbocycles. The highest BCUT2D eigenvalue weighted by Gasteiger charge is 2.08. The molecule has 0 radical (unpaired) electrons. The fourth-order valence-corrected chi connectivity index (χ4v) is 2.15. The van der Waals surface area contributed by atoms with Crippen molar-refractivity contribution in [2.24, 2.45) is 0 Å². The second-order valence-electron chi connectivity index (χ2n) is 2.92. The Balaban J connectivity index is 2.14. The third-order valence-electron chi connectivity index (χ3n) is 1.98. The number of hydrogen-bond donors (Lipinski definition) is 0. The van der Waals surface area contributed by atoms with Gasteiger partial charge in [-0.15, -0.1) is 11.3 Å². The van der Waals surface area contributed by atoms with E-state index >= 15 is 0 Å². The Kier molecular flexibility index (Phi) is 2.13. The third kappa shape index (κ3) is 1.50. The lowest BCUT2D eigenvalue weighted by Crippen LogP contribution is -2.25. The maximum absolute atomic E-state index is 4.24. The van der Waals surface area contributed by atoms with E-state index in [-0.39, 0.29) is 0 Å². The van der Waals surface area contributed by atoms with Crippen molar-refractivity contribution < 1.29 is 0 Å². The van der Waals surface area contributed by atoms with E-state index in [0.29, 0.717) is 0 Å². The molecule has 2 heterocycles. The van der Waals surface area contributed by atoms with Crippen LogP contribution in [0.2, 0.25) is 0 Å². The molecule has 0 unspecified atom stereocenters. The lowest BCUT2D eigenvalue weighted by atomic mass is 10.3. The standard InChI is InChI=1S/C9H12N2S/c1-8-10-7-9(12-8)11-5-3-2-4-6-11/h2-3,7H,4-6H2,1H3. The van der Waals surface area contributed by atoms with Crippen LogP contribution in [0.25, 0.3) is 0 Å². The van der Waals surface area contributed by atoms with Gasteiger partial charge in [0.05, 0.1) is 11.2 Å². The van der Waals surface area contributed by atoms with Crippen molar-refractivity contribution in [1.82, 2.24) is 4.98 Å². The van der Waals surface area contributed by atoms with Crippen molar-refractivity contribution in [3.63, 3.8) is 0 Å². The molecule has 0 fully saturated rings. The summed E-state index contributed by atoms with van der Waals surface area (Å²) in [5.74, 6) is 0. The fraction of sp³-hybridized carbons (Fsp3) is 0.444. The monoisotopic (exact) mass is 180 g/mol. The summed E-state index contributed by atoms with van der Waals surface area (Å²) < 4.78 is 0. The molecule has 0 saturated heterocycles.